The summed E-state index contributed by atoms with van der Waals surface area (Å²) in [6.07, 6.45) is 1.06. The molecule has 1 amide bonds. The van der Waals surface area contributed by atoms with Crippen molar-refractivity contribution >= 4 is 17.7 Å². The smallest absolute Gasteiger partial charge is 0.416 e. The molecule has 1 fully saturated rings. The highest BCUT2D eigenvalue weighted by atomic mass is 35.5. The zero-order chi connectivity index (χ0) is 25.6. The quantitative estimate of drug-likeness (QED) is 0.397. The Balaban J connectivity index is 2.10. The van der Waals surface area contributed by atoms with E-state index in [4.69, 9.17) is 26.8 Å². The van der Waals surface area contributed by atoms with Gasteiger partial charge < -0.3 is 20.1 Å². The molecule has 0 aliphatic carbocycles. The van der Waals surface area contributed by atoms with Crippen molar-refractivity contribution in [3.8, 4) is 0 Å². The number of carbonyl (C=O) groups excluding carboxylic acids is 1. The molecule has 0 bridgehead atoms. The summed E-state index contributed by atoms with van der Waals surface area (Å²) in [7, 11) is 0. The lowest BCUT2D eigenvalue weighted by Gasteiger charge is -2.42. The number of ether oxygens (including phenoxy) is 2. The van der Waals surface area contributed by atoms with Crippen molar-refractivity contribution in [3.05, 3.63) is 65.1 Å². The van der Waals surface area contributed by atoms with Gasteiger partial charge in [0.1, 0.15) is 5.60 Å². The fourth-order valence-corrected chi connectivity index (χ4v) is 3.75. The molecule has 188 valence electrons. The number of piperidine rings is 1. The number of pyridine rings is 1. The van der Waals surface area contributed by atoms with E-state index in [2.05, 4.69) is 11.6 Å². The Labute approximate surface area is 203 Å². The second kappa shape index (κ2) is 11.3. The number of rotatable bonds is 7. The third-order valence-corrected chi connectivity index (χ3v) is 5.40. The van der Waals surface area contributed by atoms with Gasteiger partial charge in [-0.15, -0.1) is 0 Å². The van der Waals surface area contributed by atoms with Crippen molar-refractivity contribution in [2.24, 2.45) is 5.73 Å². The number of allylic oxidation sites excluding steroid dienone is 2. The minimum Gasteiger partial charge on any atom is -0.444 e. The highest BCUT2D eigenvalue weighted by molar-refractivity contribution is 6.29. The molecular formula is C24H31ClF3N3O3. The highest BCUT2D eigenvalue weighted by Gasteiger charge is 2.39. The minimum absolute atomic E-state index is 0.118. The largest absolute Gasteiger partial charge is 0.444 e. The highest BCUT2D eigenvalue weighted by Crippen LogP contribution is 2.36. The van der Waals surface area contributed by atoms with Crippen LogP contribution in [0.3, 0.4) is 0 Å². The van der Waals surface area contributed by atoms with Gasteiger partial charge in [0.15, 0.2) is 0 Å². The standard InChI is InChI=1S/C24H31ClF3N3O3/c1-17(12-19(13-20(25)29)24(26,27)28)15-33-16-23(18-6-5-9-30-14-18)7-10-31(11-8-23)21(32)34-22(2,3)4/h5-6,9,12-14H,1,7-8,10-11,15-16,29H2,2-4H3/b19-12+,20-13-. The van der Waals surface area contributed by atoms with E-state index in [9.17, 15) is 18.0 Å². The molecule has 0 spiro atoms. The monoisotopic (exact) mass is 501 g/mol. The van der Waals surface area contributed by atoms with Crippen LogP contribution in [0.4, 0.5) is 18.0 Å². The van der Waals surface area contributed by atoms with Crippen LogP contribution in [0.15, 0.2) is 59.6 Å². The van der Waals surface area contributed by atoms with E-state index in [-0.39, 0.29) is 24.9 Å². The zero-order valence-corrected chi connectivity index (χ0v) is 20.4. The number of aromatic nitrogens is 1. The number of carbonyl (C=O) groups is 1. The lowest BCUT2D eigenvalue weighted by atomic mass is 9.74. The Bertz CT molecular complexity index is 913. The number of nitrogens with two attached hydrogens (primary N) is 1. The number of halogens is 4. The fourth-order valence-electron chi connectivity index (χ4n) is 3.63. The van der Waals surface area contributed by atoms with Crippen LogP contribution in [0, 0.1) is 0 Å². The summed E-state index contributed by atoms with van der Waals surface area (Å²) in [5.41, 5.74) is 4.19. The van der Waals surface area contributed by atoms with Crippen LogP contribution in [0.5, 0.6) is 0 Å². The number of hydrogen-bond acceptors (Lipinski definition) is 5. The Morgan fingerprint density at radius 3 is 2.44 bits per heavy atom. The normalized spacial score (nSPS) is 17.4. The van der Waals surface area contributed by atoms with E-state index in [1.54, 1.807) is 17.3 Å². The second-order valence-electron chi connectivity index (χ2n) is 9.27. The maximum Gasteiger partial charge on any atom is 0.416 e. The van der Waals surface area contributed by atoms with E-state index < -0.39 is 27.9 Å². The second-order valence-corrected chi connectivity index (χ2v) is 9.70. The molecule has 1 aliphatic rings. The van der Waals surface area contributed by atoms with Crippen molar-refractivity contribution in [1.82, 2.24) is 9.88 Å². The Kier molecular flexibility index (Phi) is 9.19. The number of nitrogens with zero attached hydrogens (tertiary/aromatic N) is 2. The Morgan fingerprint density at radius 2 is 1.94 bits per heavy atom. The molecule has 0 saturated carbocycles. The number of alkyl halides is 3. The first-order valence-corrected chi connectivity index (χ1v) is 11.2. The van der Waals surface area contributed by atoms with Gasteiger partial charge in [0.25, 0.3) is 0 Å². The maximum atomic E-state index is 13.2. The molecule has 0 radical (unpaired) electrons. The van der Waals surface area contributed by atoms with Crippen LogP contribution < -0.4 is 5.73 Å². The summed E-state index contributed by atoms with van der Waals surface area (Å²) in [5, 5.41) is -0.482. The summed E-state index contributed by atoms with van der Waals surface area (Å²) in [4.78, 5) is 18.3. The van der Waals surface area contributed by atoms with Crippen molar-refractivity contribution < 1.29 is 27.4 Å². The molecule has 0 aromatic carbocycles. The number of hydrogen-bond donors (Lipinski definition) is 1. The Morgan fingerprint density at radius 1 is 1.29 bits per heavy atom. The molecule has 6 nitrogen and oxygen atoms in total. The minimum atomic E-state index is -4.63. The van der Waals surface area contributed by atoms with Gasteiger partial charge in [0.05, 0.1) is 23.9 Å². The van der Waals surface area contributed by atoms with E-state index in [1.807, 2.05) is 32.9 Å². The molecule has 2 heterocycles. The topological polar surface area (TPSA) is 77.7 Å². The number of amides is 1. The first kappa shape index (κ1) is 27.7. The van der Waals surface area contributed by atoms with Crippen LogP contribution in [0.1, 0.15) is 39.2 Å². The third-order valence-electron chi connectivity index (χ3n) is 5.29. The first-order chi connectivity index (χ1) is 15.7. The molecule has 10 heteroatoms. The zero-order valence-electron chi connectivity index (χ0n) is 19.6. The van der Waals surface area contributed by atoms with Crippen molar-refractivity contribution in [3.63, 3.8) is 0 Å². The SMILES string of the molecule is C=C(/C=C(\C=C(/N)Cl)C(F)(F)F)COCC1(c2cccnc2)CCN(C(=O)OC(C)(C)C)CC1. The van der Waals surface area contributed by atoms with Crippen molar-refractivity contribution in [2.75, 3.05) is 26.3 Å². The number of likely N-dealkylation sites (tertiary alicyclic amines) is 1. The van der Waals surface area contributed by atoms with Crippen molar-refractivity contribution in [2.45, 2.75) is 50.8 Å². The molecule has 1 aromatic rings. The summed E-state index contributed by atoms with van der Waals surface area (Å²) in [5.74, 6) is 0. The van der Waals surface area contributed by atoms with E-state index in [1.165, 1.54) is 0 Å². The summed E-state index contributed by atoms with van der Waals surface area (Å²) >= 11 is 5.42. The Hall–Kier alpha value is -2.52. The predicted molar refractivity (Wildman–Crippen MR) is 125 cm³/mol. The van der Waals surface area contributed by atoms with Crippen molar-refractivity contribution in [1.29, 1.82) is 0 Å². The van der Waals surface area contributed by atoms with Gasteiger partial charge in [-0.05, 0) is 63.0 Å². The average Bonchev–Trinajstić information content (AvgIpc) is 2.72. The van der Waals surface area contributed by atoms with Gasteiger partial charge in [-0.25, -0.2) is 4.79 Å². The predicted octanol–water partition coefficient (Wildman–Crippen LogP) is 5.45. The van der Waals surface area contributed by atoms with E-state index >= 15 is 0 Å². The molecule has 1 saturated heterocycles. The van der Waals surface area contributed by atoms with Crippen LogP contribution in [-0.4, -0.2) is 54.1 Å². The van der Waals surface area contributed by atoms with Gasteiger partial charge >= 0.3 is 12.3 Å². The van der Waals surface area contributed by atoms with Gasteiger partial charge in [-0.2, -0.15) is 13.2 Å². The van der Waals surface area contributed by atoms with Crippen LogP contribution in [-0.2, 0) is 14.9 Å². The van der Waals surface area contributed by atoms with Crippen LogP contribution in [0.25, 0.3) is 0 Å². The summed E-state index contributed by atoms with van der Waals surface area (Å²) in [6.45, 7) is 10.1. The average molecular weight is 502 g/mol. The molecule has 0 unspecified atom stereocenters. The van der Waals surface area contributed by atoms with E-state index in [0.717, 1.165) is 11.6 Å². The molecule has 1 aliphatic heterocycles. The summed E-state index contributed by atoms with van der Waals surface area (Å²) in [6, 6.07) is 3.75. The third kappa shape index (κ3) is 8.36. The molecule has 2 rings (SSSR count). The molecular weight excluding hydrogens is 471 g/mol. The molecule has 2 N–H and O–H groups in total. The van der Waals surface area contributed by atoms with Gasteiger partial charge in [0.2, 0.25) is 0 Å². The van der Waals surface area contributed by atoms with Gasteiger partial charge in [0, 0.05) is 30.9 Å². The van der Waals surface area contributed by atoms with E-state index in [0.29, 0.717) is 32.0 Å². The van der Waals surface area contributed by atoms with Crippen LogP contribution >= 0.6 is 11.6 Å². The summed E-state index contributed by atoms with van der Waals surface area (Å²) < 4.78 is 50.8. The van der Waals surface area contributed by atoms with Gasteiger partial charge in [-0.1, -0.05) is 24.2 Å². The molecule has 34 heavy (non-hydrogen) atoms. The lowest BCUT2D eigenvalue weighted by molar-refractivity contribution is -0.0883. The molecule has 0 atom stereocenters. The van der Waals surface area contributed by atoms with Gasteiger partial charge in [-0.3, -0.25) is 4.98 Å². The fraction of sp³-hybridized carbons (Fsp3) is 0.500. The molecule has 1 aromatic heterocycles. The first-order valence-electron chi connectivity index (χ1n) is 10.8. The lowest BCUT2D eigenvalue weighted by Crippen LogP contribution is -2.48. The van der Waals surface area contributed by atoms with Crippen LogP contribution in [0.2, 0.25) is 0 Å². The maximum absolute atomic E-state index is 13.2.